The molecule has 1 aliphatic heterocycles. The van der Waals surface area contributed by atoms with Crippen molar-refractivity contribution in [2.45, 2.75) is 13.2 Å². The monoisotopic (exact) mass is 532 g/mol. The summed E-state index contributed by atoms with van der Waals surface area (Å²) in [7, 11) is 1.60. The highest BCUT2D eigenvalue weighted by atomic mass is 79.9. The van der Waals surface area contributed by atoms with Gasteiger partial charge in [0.1, 0.15) is 29.6 Å². The van der Waals surface area contributed by atoms with Gasteiger partial charge in [-0.25, -0.2) is 0 Å². The van der Waals surface area contributed by atoms with Crippen LogP contribution in [0.4, 0.5) is 0 Å². The van der Waals surface area contributed by atoms with Gasteiger partial charge in [0.2, 0.25) is 0 Å². The first-order valence-corrected chi connectivity index (χ1v) is 11.1. The quantitative estimate of drug-likeness (QED) is 0.318. The first kappa shape index (κ1) is 22.4. The third-order valence-electron chi connectivity index (χ3n) is 4.75. The molecule has 0 radical (unpaired) electrons. The van der Waals surface area contributed by atoms with E-state index in [1.165, 1.54) is 4.90 Å². The summed E-state index contributed by atoms with van der Waals surface area (Å²) in [6, 6.07) is 14.5. The average Bonchev–Trinajstić information content (AvgIpc) is 3.37. The Kier molecular flexibility index (Phi) is 6.83. The summed E-state index contributed by atoms with van der Waals surface area (Å²) in [5.41, 5.74) is 2.02. The Hall–Kier alpha value is -2.81. The van der Waals surface area contributed by atoms with Crippen molar-refractivity contribution in [3.63, 3.8) is 0 Å². The molecule has 1 fully saturated rings. The van der Waals surface area contributed by atoms with Gasteiger partial charge in [0.25, 0.3) is 5.91 Å². The number of carbonyl (C=O) groups is 1. The van der Waals surface area contributed by atoms with Crippen molar-refractivity contribution in [3.8, 4) is 11.5 Å². The molecule has 1 saturated heterocycles. The van der Waals surface area contributed by atoms with Gasteiger partial charge in [0.15, 0.2) is 5.11 Å². The number of nitrogens with zero attached hydrogens (tertiary/aromatic N) is 1. The minimum atomic E-state index is -0.217. The van der Waals surface area contributed by atoms with Gasteiger partial charge in [-0.3, -0.25) is 9.69 Å². The molecule has 4 rings (SSSR count). The molecule has 1 N–H and O–H groups in total. The zero-order chi connectivity index (χ0) is 22.7. The molecule has 2 heterocycles. The van der Waals surface area contributed by atoms with Gasteiger partial charge in [0, 0.05) is 10.6 Å². The van der Waals surface area contributed by atoms with Gasteiger partial charge in [-0.15, -0.1) is 0 Å². The van der Waals surface area contributed by atoms with E-state index in [0.29, 0.717) is 33.1 Å². The number of thiocarbonyl (C=S) groups is 1. The number of amides is 1. The molecule has 0 aliphatic carbocycles. The zero-order valence-electron chi connectivity index (χ0n) is 16.9. The van der Waals surface area contributed by atoms with E-state index in [2.05, 4.69) is 21.2 Å². The fraction of sp³-hybridized carbons (Fsp3) is 0.130. The number of halogens is 2. The smallest absolute Gasteiger partial charge is 0.276 e. The van der Waals surface area contributed by atoms with Crippen LogP contribution in [0, 0.1) is 0 Å². The second-order valence-electron chi connectivity index (χ2n) is 6.89. The molecule has 1 aromatic heterocycles. The van der Waals surface area contributed by atoms with Crippen LogP contribution < -0.4 is 14.8 Å². The summed E-state index contributed by atoms with van der Waals surface area (Å²) in [4.78, 5) is 14.3. The number of carbonyl (C=O) groups excluding carboxylic acids is 1. The van der Waals surface area contributed by atoms with Crippen LogP contribution in [0.5, 0.6) is 11.5 Å². The lowest BCUT2D eigenvalue weighted by Crippen LogP contribution is -2.29. The van der Waals surface area contributed by atoms with Crippen LogP contribution >= 0.6 is 39.7 Å². The van der Waals surface area contributed by atoms with Crippen molar-refractivity contribution in [1.29, 1.82) is 0 Å². The molecule has 1 aliphatic rings. The Labute approximate surface area is 203 Å². The van der Waals surface area contributed by atoms with E-state index >= 15 is 0 Å². The maximum absolute atomic E-state index is 12.8. The highest BCUT2D eigenvalue weighted by Gasteiger charge is 2.31. The molecule has 0 saturated carbocycles. The lowest BCUT2D eigenvalue weighted by Gasteiger charge is -2.13. The number of methoxy groups -OCH3 is 1. The normalized spacial score (nSPS) is 14.7. The second kappa shape index (κ2) is 9.77. The minimum absolute atomic E-state index is 0.217. The lowest BCUT2D eigenvalue weighted by atomic mass is 10.1. The number of rotatable bonds is 7. The maximum atomic E-state index is 12.8. The first-order valence-electron chi connectivity index (χ1n) is 9.56. The SMILES string of the molecule is COc1ccc(/C=C2/NC(=S)N(Cc3ccco3)C2=O)cc1COc1ccc(Cl)cc1Br. The summed E-state index contributed by atoms with van der Waals surface area (Å²) in [6.45, 7) is 0.539. The van der Waals surface area contributed by atoms with E-state index in [-0.39, 0.29) is 19.1 Å². The number of benzene rings is 2. The number of hydrogen-bond acceptors (Lipinski definition) is 5. The highest BCUT2D eigenvalue weighted by Crippen LogP contribution is 2.30. The predicted molar refractivity (Wildman–Crippen MR) is 129 cm³/mol. The molecule has 9 heteroatoms. The van der Waals surface area contributed by atoms with Crippen LogP contribution in [0.1, 0.15) is 16.9 Å². The molecule has 3 aromatic rings. The van der Waals surface area contributed by atoms with Crippen LogP contribution in [0.3, 0.4) is 0 Å². The van der Waals surface area contributed by atoms with Crippen LogP contribution in [0.25, 0.3) is 6.08 Å². The standard InChI is InChI=1S/C23H18BrClN2O4S/c1-29-20-6-4-14(9-15(20)13-31-21-7-5-16(25)11-18(21)24)10-19-22(28)27(23(32)26-19)12-17-3-2-8-30-17/h2-11H,12-13H2,1H3,(H,26,32)/b19-10+. The van der Waals surface area contributed by atoms with E-state index in [1.807, 2.05) is 18.2 Å². The largest absolute Gasteiger partial charge is 0.496 e. The Balaban J connectivity index is 1.53. The summed E-state index contributed by atoms with van der Waals surface area (Å²) in [5, 5.41) is 3.93. The molecular formula is C23H18BrClN2O4S. The lowest BCUT2D eigenvalue weighted by molar-refractivity contribution is -0.122. The van der Waals surface area contributed by atoms with Gasteiger partial charge < -0.3 is 19.2 Å². The third kappa shape index (κ3) is 4.98. The molecular weight excluding hydrogens is 516 g/mol. The van der Waals surface area contributed by atoms with E-state index in [4.69, 9.17) is 37.7 Å². The van der Waals surface area contributed by atoms with Crippen molar-refractivity contribution in [3.05, 3.63) is 86.9 Å². The van der Waals surface area contributed by atoms with Gasteiger partial charge in [-0.1, -0.05) is 17.7 Å². The van der Waals surface area contributed by atoms with E-state index in [1.54, 1.807) is 49.8 Å². The van der Waals surface area contributed by atoms with Crippen molar-refractivity contribution < 1.29 is 18.7 Å². The topological polar surface area (TPSA) is 63.9 Å². The van der Waals surface area contributed by atoms with Gasteiger partial charge in [-0.05, 0) is 82.3 Å². The second-order valence-corrected chi connectivity index (χ2v) is 8.57. The van der Waals surface area contributed by atoms with Crippen LogP contribution in [0.15, 0.2) is 69.4 Å². The van der Waals surface area contributed by atoms with Gasteiger partial charge >= 0.3 is 0 Å². The molecule has 32 heavy (non-hydrogen) atoms. The van der Waals surface area contributed by atoms with Crippen molar-refractivity contribution in [1.82, 2.24) is 10.2 Å². The summed E-state index contributed by atoms with van der Waals surface area (Å²) in [6.07, 6.45) is 3.31. The van der Waals surface area contributed by atoms with Gasteiger partial charge in [-0.2, -0.15) is 0 Å². The maximum Gasteiger partial charge on any atom is 0.276 e. The molecule has 0 unspecified atom stereocenters. The highest BCUT2D eigenvalue weighted by molar-refractivity contribution is 9.10. The van der Waals surface area contributed by atoms with E-state index in [0.717, 1.165) is 15.6 Å². The van der Waals surface area contributed by atoms with Crippen molar-refractivity contribution >= 4 is 56.8 Å². The average molecular weight is 534 g/mol. The number of ether oxygens (including phenoxy) is 2. The third-order valence-corrected chi connectivity index (χ3v) is 5.93. The summed E-state index contributed by atoms with van der Waals surface area (Å²) in [5.74, 6) is 1.77. The predicted octanol–water partition coefficient (Wildman–Crippen LogP) is 5.54. The van der Waals surface area contributed by atoms with Crippen LogP contribution in [-0.2, 0) is 17.9 Å². The number of furan rings is 1. The summed E-state index contributed by atoms with van der Waals surface area (Å²) < 4.78 is 17.5. The number of nitrogens with one attached hydrogen (secondary N) is 1. The Morgan fingerprint density at radius 2 is 2.03 bits per heavy atom. The molecule has 0 spiro atoms. The molecule has 2 aromatic carbocycles. The molecule has 0 bridgehead atoms. The zero-order valence-corrected chi connectivity index (χ0v) is 20.1. The number of hydrogen-bond donors (Lipinski definition) is 1. The van der Waals surface area contributed by atoms with E-state index in [9.17, 15) is 4.79 Å². The minimum Gasteiger partial charge on any atom is -0.496 e. The Morgan fingerprint density at radius 1 is 1.22 bits per heavy atom. The molecule has 164 valence electrons. The van der Waals surface area contributed by atoms with Gasteiger partial charge in [0.05, 0.1) is 24.4 Å². The first-order chi connectivity index (χ1) is 15.4. The summed E-state index contributed by atoms with van der Waals surface area (Å²) >= 11 is 14.8. The van der Waals surface area contributed by atoms with Crippen molar-refractivity contribution in [2.75, 3.05) is 7.11 Å². The fourth-order valence-electron chi connectivity index (χ4n) is 3.19. The fourth-order valence-corrected chi connectivity index (χ4v) is 4.24. The molecule has 1 amide bonds. The molecule has 0 atom stereocenters. The molecule has 6 nitrogen and oxygen atoms in total. The van der Waals surface area contributed by atoms with Crippen molar-refractivity contribution in [2.24, 2.45) is 0 Å². The van der Waals surface area contributed by atoms with Crippen LogP contribution in [-0.4, -0.2) is 23.0 Å². The Morgan fingerprint density at radius 3 is 2.75 bits per heavy atom. The Bertz CT molecular complexity index is 1200. The van der Waals surface area contributed by atoms with Crippen LogP contribution in [0.2, 0.25) is 5.02 Å². The van der Waals surface area contributed by atoms with E-state index < -0.39 is 0 Å².